The molecule has 10 heteroatoms. The lowest BCUT2D eigenvalue weighted by atomic mass is 10.1. The minimum Gasteiger partial charge on any atom is -0.343 e. The summed E-state index contributed by atoms with van der Waals surface area (Å²) in [6, 6.07) is 7.82. The maximum Gasteiger partial charge on any atom is 0.416 e. The van der Waals surface area contributed by atoms with Crippen LogP contribution in [0.2, 0.25) is 5.02 Å². The smallest absolute Gasteiger partial charge is 0.343 e. The molecule has 2 amide bonds. The van der Waals surface area contributed by atoms with Crippen LogP contribution in [-0.4, -0.2) is 24.6 Å². The first-order valence-corrected chi connectivity index (χ1v) is 7.77. The second-order valence-electron chi connectivity index (χ2n) is 5.19. The van der Waals surface area contributed by atoms with E-state index < -0.39 is 35.9 Å². The van der Waals surface area contributed by atoms with Crippen LogP contribution in [0.4, 0.5) is 17.6 Å². The molecule has 0 fully saturated rings. The van der Waals surface area contributed by atoms with E-state index in [0.717, 1.165) is 24.4 Å². The highest BCUT2D eigenvalue weighted by molar-refractivity contribution is 6.33. The number of carbonyl (C=O) groups is 2. The molecule has 0 spiro atoms. The van der Waals surface area contributed by atoms with E-state index in [-0.39, 0.29) is 10.6 Å². The van der Waals surface area contributed by atoms with Gasteiger partial charge in [-0.15, -0.1) is 0 Å². The second-order valence-corrected chi connectivity index (χ2v) is 5.60. The molecular weight excluding hydrogens is 390 g/mol. The van der Waals surface area contributed by atoms with Gasteiger partial charge in [-0.25, -0.2) is 9.82 Å². The summed E-state index contributed by atoms with van der Waals surface area (Å²) in [6.45, 7) is -0.506. The van der Waals surface area contributed by atoms with Crippen molar-refractivity contribution in [2.45, 2.75) is 6.18 Å². The lowest BCUT2D eigenvalue weighted by molar-refractivity contribution is -0.137. The van der Waals surface area contributed by atoms with Gasteiger partial charge >= 0.3 is 6.18 Å². The molecule has 142 valence electrons. The van der Waals surface area contributed by atoms with E-state index in [1.54, 1.807) is 0 Å². The van der Waals surface area contributed by atoms with E-state index in [1.165, 1.54) is 24.3 Å². The molecule has 0 bridgehead atoms. The summed E-state index contributed by atoms with van der Waals surface area (Å²) in [6.07, 6.45) is -3.31. The highest BCUT2D eigenvalue weighted by Gasteiger charge is 2.29. The first-order valence-electron chi connectivity index (χ1n) is 7.40. The lowest BCUT2D eigenvalue weighted by Crippen LogP contribution is -2.35. The molecule has 0 saturated carbocycles. The van der Waals surface area contributed by atoms with E-state index in [1.807, 2.05) is 0 Å². The Bertz CT molecular complexity index is 847. The fraction of sp³-hybridized carbons (Fsp3) is 0.118. The largest absolute Gasteiger partial charge is 0.416 e. The van der Waals surface area contributed by atoms with Gasteiger partial charge in [0, 0.05) is 0 Å². The molecular formula is C17H12ClF4N3O2. The van der Waals surface area contributed by atoms with Gasteiger partial charge in [0.05, 0.1) is 28.9 Å². The van der Waals surface area contributed by atoms with Crippen LogP contribution in [0.3, 0.4) is 0 Å². The predicted molar refractivity (Wildman–Crippen MR) is 90.9 cm³/mol. The normalized spacial score (nSPS) is 11.4. The van der Waals surface area contributed by atoms with Gasteiger partial charge < -0.3 is 5.32 Å². The predicted octanol–water partition coefficient (Wildman–Crippen LogP) is 3.38. The van der Waals surface area contributed by atoms with Crippen molar-refractivity contribution < 1.29 is 27.2 Å². The van der Waals surface area contributed by atoms with Gasteiger partial charge in [-0.3, -0.25) is 9.59 Å². The molecule has 0 aliphatic carbocycles. The third-order valence-electron chi connectivity index (χ3n) is 3.24. The van der Waals surface area contributed by atoms with Gasteiger partial charge in [-0.2, -0.15) is 18.3 Å². The zero-order chi connectivity index (χ0) is 20.0. The molecule has 2 rings (SSSR count). The number of hydrogen-bond donors (Lipinski definition) is 2. The molecule has 5 nitrogen and oxygen atoms in total. The summed E-state index contributed by atoms with van der Waals surface area (Å²) < 4.78 is 50.9. The molecule has 0 atom stereocenters. The summed E-state index contributed by atoms with van der Waals surface area (Å²) in [4.78, 5) is 23.5. The fourth-order valence-electron chi connectivity index (χ4n) is 1.94. The van der Waals surface area contributed by atoms with E-state index in [0.29, 0.717) is 5.56 Å². The molecule has 27 heavy (non-hydrogen) atoms. The summed E-state index contributed by atoms with van der Waals surface area (Å²) >= 11 is 5.74. The van der Waals surface area contributed by atoms with E-state index in [4.69, 9.17) is 11.6 Å². The number of hydrazone groups is 1. The monoisotopic (exact) mass is 401 g/mol. The van der Waals surface area contributed by atoms with Crippen LogP contribution < -0.4 is 10.7 Å². The quantitative estimate of drug-likeness (QED) is 0.458. The van der Waals surface area contributed by atoms with Gasteiger partial charge in [0.1, 0.15) is 5.82 Å². The van der Waals surface area contributed by atoms with Crippen molar-refractivity contribution in [1.29, 1.82) is 0 Å². The van der Waals surface area contributed by atoms with Gasteiger partial charge in [-0.05, 0) is 29.8 Å². The Morgan fingerprint density at radius 3 is 2.37 bits per heavy atom. The number of alkyl halides is 3. The summed E-state index contributed by atoms with van der Waals surface area (Å²) in [5.74, 6) is -2.43. The average Bonchev–Trinajstić information content (AvgIpc) is 2.59. The lowest BCUT2D eigenvalue weighted by Gasteiger charge is -2.07. The number of halogens is 5. The van der Waals surface area contributed by atoms with Crippen LogP contribution in [0, 0.1) is 5.82 Å². The van der Waals surface area contributed by atoms with Crippen LogP contribution >= 0.6 is 11.6 Å². The van der Waals surface area contributed by atoms with Crippen molar-refractivity contribution in [3.8, 4) is 0 Å². The molecule has 0 radical (unpaired) electrons. The van der Waals surface area contributed by atoms with Crippen molar-refractivity contribution >= 4 is 29.6 Å². The number of benzene rings is 2. The Hall–Kier alpha value is -2.94. The molecule has 0 saturated heterocycles. The topological polar surface area (TPSA) is 70.6 Å². The molecule has 0 unspecified atom stereocenters. The zero-order valence-electron chi connectivity index (χ0n) is 13.5. The Morgan fingerprint density at radius 2 is 1.78 bits per heavy atom. The van der Waals surface area contributed by atoms with E-state index in [9.17, 15) is 27.2 Å². The second kappa shape index (κ2) is 8.63. The SMILES string of the molecule is O=C(CNC(=O)c1c(F)cccc1Cl)N/N=C/c1ccc(C(F)(F)F)cc1. The number of nitrogens with one attached hydrogen (secondary N) is 2. The van der Waals surface area contributed by atoms with E-state index in [2.05, 4.69) is 15.8 Å². The molecule has 2 aromatic rings. The zero-order valence-corrected chi connectivity index (χ0v) is 14.2. The van der Waals surface area contributed by atoms with Crippen molar-refractivity contribution in [3.05, 3.63) is 70.0 Å². The van der Waals surface area contributed by atoms with Crippen molar-refractivity contribution in [2.24, 2.45) is 5.10 Å². The number of carbonyl (C=O) groups excluding carboxylic acids is 2. The minimum absolute atomic E-state index is 0.103. The standard InChI is InChI=1S/C17H12ClF4N3O2/c18-12-2-1-3-13(19)15(12)16(27)23-9-14(26)25-24-8-10-4-6-11(7-5-10)17(20,21)22/h1-8H,9H2,(H,23,27)(H,25,26)/b24-8+. The number of rotatable bonds is 5. The summed E-state index contributed by atoms with van der Waals surface area (Å²) in [5.41, 5.74) is 1.21. The van der Waals surface area contributed by atoms with Crippen molar-refractivity contribution in [1.82, 2.24) is 10.7 Å². The maximum atomic E-state index is 13.6. The van der Waals surface area contributed by atoms with Crippen molar-refractivity contribution in [3.63, 3.8) is 0 Å². The highest BCUT2D eigenvalue weighted by atomic mass is 35.5. The Balaban J connectivity index is 1.86. The first-order chi connectivity index (χ1) is 12.7. The van der Waals surface area contributed by atoms with Gasteiger partial charge in [0.2, 0.25) is 0 Å². The maximum absolute atomic E-state index is 13.6. The Kier molecular flexibility index (Phi) is 6.51. The number of nitrogens with zero attached hydrogens (tertiary/aromatic N) is 1. The third kappa shape index (κ3) is 5.78. The average molecular weight is 402 g/mol. The van der Waals surface area contributed by atoms with Crippen molar-refractivity contribution in [2.75, 3.05) is 6.54 Å². The third-order valence-corrected chi connectivity index (χ3v) is 3.56. The van der Waals surface area contributed by atoms with Crippen LogP contribution in [0.1, 0.15) is 21.5 Å². The molecule has 2 aromatic carbocycles. The molecule has 0 aliphatic heterocycles. The summed E-state index contributed by atoms with van der Waals surface area (Å²) in [7, 11) is 0. The van der Waals surface area contributed by atoms with Gasteiger partial charge in [-0.1, -0.05) is 29.8 Å². The molecule has 2 N–H and O–H groups in total. The molecule has 0 aromatic heterocycles. The number of amides is 2. The summed E-state index contributed by atoms with van der Waals surface area (Å²) in [5, 5.41) is 5.64. The van der Waals surface area contributed by atoms with Crippen LogP contribution in [0.15, 0.2) is 47.6 Å². The molecule has 0 heterocycles. The van der Waals surface area contributed by atoms with Gasteiger partial charge in [0.25, 0.3) is 11.8 Å². The van der Waals surface area contributed by atoms with Crippen LogP contribution in [0.5, 0.6) is 0 Å². The van der Waals surface area contributed by atoms with E-state index >= 15 is 0 Å². The first kappa shape index (κ1) is 20.4. The number of hydrogen-bond acceptors (Lipinski definition) is 3. The van der Waals surface area contributed by atoms with Crippen LogP contribution in [0.25, 0.3) is 0 Å². The fourth-order valence-corrected chi connectivity index (χ4v) is 2.19. The minimum atomic E-state index is -4.44. The Morgan fingerprint density at radius 1 is 1.11 bits per heavy atom. The highest BCUT2D eigenvalue weighted by Crippen LogP contribution is 2.28. The van der Waals surface area contributed by atoms with Crippen LogP contribution in [-0.2, 0) is 11.0 Å². The molecule has 0 aliphatic rings. The van der Waals surface area contributed by atoms with Gasteiger partial charge in [0.15, 0.2) is 0 Å². The Labute approximate surface area is 156 Å².